The molecule has 0 saturated carbocycles. The molecule has 0 amide bonds. The van der Waals surface area contributed by atoms with Crippen LogP contribution in [-0.4, -0.2) is 59.2 Å². The highest BCUT2D eigenvalue weighted by atomic mass is 35.8. The van der Waals surface area contributed by atoms with E-state index in [1.54, 1.807) is 0 Å². The zero-order chi connectivity index (χ0) is 27.0. The first-order valence-corrected chi connectivity index (χ1v) is 11.4. The fourth-order valence-corrected chi connectivity index (χ4v) is 3.12. The molecular weight excluding hydrogens is 604 g/mol. The van der Waals surface area contributed by atoms with E-state index in [9.17, 15) is 83.4 Å². The second-order valence-electron chi connectivity index (χ2n) is 5.59. The van der Waals surface area contributed by atoms with E-state index in [4.69, 9.17) is 0 Å². The molecule has 0 aromatic heterocycles. The number of hydrogen-bond donors (Lipinski definition) is 0. The summed E-state index contributed by atoms with van der Waals surface area (Å²) in [6.07, 6.45) is -7.92. The van der Waals surface area contributed by atoms with Gasteiger partial charge >= 0.3 is 59.2 Å². The minimum atomic E-state index is -8.99. The molecule has 0 aliphatic rings. The highest BCUT2D eigenvalue weighted by molar-refractivity contribution is 7.65. The predicted octanol–water partition coefficient (Wildman–Crippen LogP) is 7.83. The van der Waals surface area contributed by atoms with Gasteiger partial charge in [-0.3, -0.25) is 0 Å². The molecule has 0 heterocycles. The van der Waals surface area contributed by atoms with Gasteiger partial charge in [-0.05, 0) is 0 Å². The fourth-order valence-electron chi connectivity index (χ4n) is 1.54. The summed E-state index contributed by atoms with van der Waals surface area (Å²) in [4.78, 5) is 0. The lowest BCUT2D eigenvalue weighted by Crippen LogP contribution is -2.76. The van der Waals surface area contributed by atoms with Crippen LogP contribution in [0.3, 0.4) is 0 Å². The Morgan fingerprint density at radius 3 is 0.688 bits per heavy atom. The molecule has 0 radical (unpaired) electrons. The second-order valence-corrected chi connectivity index (χ2v) is 14.1. The first-order valence-electron chi connectivity index (χ1n) is 6.41. The molecule has 23 heteroatoms. The van der Waals surface area contributed by atoms with E-state index in [1.807, 2.05) is 0 Å². The summed E-state index contributed by atoms with van der Waals surface area (Å²) in [6, 6.07) is -6.73. The van der Waals surface area contributed by atoms with Crippen LogP contribution in [0.5, 0.6) is 0 Å². The van der Waals surface area contributed by atoms with E-state index in [0.717, 1.165) is 0 Å². The van der Waals surface area contributed by atoms with Gasteiger partial charge in [0, 0.05) is 0 Å². The molecule has 0 spiro atoms. The van der Waals surface area contributed by atoms with Gasteiger partial charge in [0.15, 0.2) is 0 Å². The molecule has 0 aliphatic carbocycles. The Bertz CT molecular complexity index is 644. The maximum absolute atomic E-state index is 13.3. The second kappa shape index (κ2) is 7.63. The highest BCUT2D eigenvalue weighted by Crippen LogP contribution is 2.66. The SMILES string of the molecule is FC(F)(F)C(F)(F)C(F)(F)C(F)(F)C(F)(F)C(F)(F)C(F)(F)C(F)(F)C(F)(F)[Si](Cl)(Cl)Cl. The lowest BCUT2D eigenvalue weighted by atomic mass is 9.89. The first kappa shape index (κ1) is 31.8. The Hall–Kier alpha value is -0.243. The normalized spacial score (nSPS) is 17.1. The van der Waals surface area contributed by atoms with Crippen LogP contribution in [0.15, 0.2) is 0 Å². The van der Waals surface area contributed by atoms with Crippen molar-refractivity contribution < 1.29 is 83.4 Å². The van der Waals surface area contributed by atoms with Crippen LogP contribution in [0, 0.1) is 0 Å². The third kappa shape index (κ3) is 3.77. The van der Waals surface area contributed by atoms with E-state index in [2.05, 4.69) is 33.2 Å². The van der Waals surface area contributed by atoms with Crippen molar-refractivity contribution in [3.05, 3.63) is 0 Å². The minimum absolute atomic E-state index is 4.23. The monoisotopic (exact) mass is 602 g/mol. The van der Waals surface area contributed by atoms with Gasteiger partial charge in [-0.25, -0.2) is 0 Å². The summed E-state index contributed by atoms with van der Waals surface area (Å²) in [5, 5.41) is 0. The molecular formula is C9Cl3F19Si. The van der Waals surface area contributed by atoms with E-state index < -0.39 is 59.2 Å². The van der Waals surface area contributed by atoms with Gasteiger partial charge < -0.3 is 0 Å². The highest BCUT2D eigenvalue weighted by Gasteiger charge is 2.97. The van der Waals surface area contributed by atoms with Crippen LogP contribution in [0.25, 0.3) is 0 Å². The van der Waals surface area contributed by atoms with Crippen molar-refractivity contribution in [2.45, 2.75) is 53.2 Å². The van der Waals surface area contributed by atoms with Crippen molar-refractivity contribution in [1.29, 1.82) is 0 Å². The maximum Gasteiger partial charge on any atom is 0.460 e. The molecule has 194 valence electrons. The Balaban J connectivity index is 7.00. The molecule has 0 bridgehead atoms. The molecule has 0 N–H and O–H groups in total. The van der Waals surface area contributed by atoms with Gasteiger partial charge in [0.2, 0.25) is 0 Å². The smallest absolute Gasteiger partial charge is 0.200 e. The Morgan fingerprint density at radius 2 is 0.500 bits per heavy atom. The molecule has 0 atom stereocenters. The molecule has 0 aliphatic heterocycles. The third-order valence-electron chi connectivity index (χ3n) is 3.47. The zero-order valence-corrected chi connectivity index (χ0v) is 16.6. The number of halogens is 22. The zero-order valence-electron chi connectivity index (χ0n) is 13.3. The maximum atomic E-state index is 13.3. The van der Waals surface area contributed by atoms with Crippen LogP contribution in [-0.2, 0) is 0 Å². The molecule has 0 saturated heterocycles. The predicted molar refractivity (Wildman–Crippen MR) is 68.9 cm³/mol. The standard InChI is InChI=1S/C9Cl3F19Si/c10-32(11,12)9(30,31)7(25,26)5(21,22)3(17,18)1(13,14)2(15,16)4(19,20)6(23,24)8(27,28)29. The van der Waals surface area contributed by atoms with Gasteiger partial charge in [0.05, 0.1) is 0 Å². The molecule has 32 heavy (non-hydrogen) atoms. The third-order valence-corrected chi connectivity index (χ3v) is 6.63. The van der Waals surface area contributed by atoms with E-state index in [1.165, 1.54) is 0 Å². The number of hydrogen-bond acceptors (Lipinski definition) is 0. The van der Waals surface area contributed by atoms with Crippen molar-refractivity contribution in [2.24, 2.45) is 0 Å². The van der Waals surface area contributed by atoms with E-state index in [0.29, 0.717) is 0 Å². The van der Waals surface area contributed by atoms with Gasteiger partial charge in [-0.1, -0.05) is 0 Å². The van der Waals surface area contributed by atoms with E-state index >= 15 is 0 Å². The van der Waals surface area contributed by atoms with Gasteiger partial charge in [-0.15, -0.1) is 33.2 Å². The molecule has 0 rings (SSSR count). The molecule has 0 aromatic carbocycles. The van der Waals surface area contributed by atoms with Crippen LogP contribution in [0.2, 0.25) is 0 Å². The fraction of sp³-hybridized carbons (Fsp3) is 1.00. The number of rotatable bonds is 8. The molecule has 0 aromatic rings. The summed E-state index contributed by atoms with van der Waals surface area (Å²) in [7, 11) is 0. The summed E-state index contributed by atoms with van der Waals surface area (Å²) in [5.74, 6) is -60.6. The van der Waals surface area contributed by atoms with Crippen LogP contribution in [0.4, 0.5) is 83.4 Å². The lowest BCUT2D eigenvalue weighted by Gasteiger charge is -2.44. The lowest BCUT2D eigenvalue weighted by molar-refractivity contribution is -0.466. The summed E-state index contributed by atoms with van der Waals surface area (Å²) >= 11 is 12.7. The Morgan fingerprint density at radius 1 is 0.312 bits per heavy atom. The van der Waals surface area contributed by atoms with Crippen LogP contribution < -0.4 is 0 Å². The summed E-state index contributed by atoms with van der Waals surface area (Å²) in [6.45, 7) is 0. The Kier molecular flexibility index (Phi) is 7.57. The molecule has 0 unspecified atom stereocenters. The average Bonchev–Trinajstić information content (AvgIpc) is 2.51. The van der Waals surface area contributed by atoms with Gasteiger partial charge in [0.25, 0.3) is 0 Å². The average molecular weight is 604 g/mol. The van der Waals surface area contributed by atoms with Crippen molar-refractivity contribution >= 4 is 39.2 Å². The van der Waals surface area contributed by atoms with E-state index in [-0.39, 0.29) is 0 Å². The quantitative estimate of drug-likeness (QED) is 0.151. The van der Waals surface area contributed by atoms with Crippen molar-refractivity contribution in [3.63, 3.8) is 0 Å². The molecule has 0 fully saturated rings. The number of alkyl halides is 19. The van der Waals surface area contributed by atoms with Crippen molar-refractivity contribution in [3.8, 4) is 0 Å². The topological polar surface area (TPSA) is 0 Å². The van der Waals surface area contributed by atoms with Crippen molar-refractivity contribution in [1.82, 2.24) is 0 Å². The van der Waals surface area contributed by atoms with Gasteiger partial charge in [0.1, 0.15) is 0 Å². The first-order chi connectivity index (χ1) is 13.2. The summed E-state index contributed by atoms with van der Waals surface area (Å²) in [5.41, 5.74) is -7.05. The van der Waals surface area contributed by atoms with Crippen LogP contribution >= 0.6 is 33.2 Å². The minimum Gasteiger partial charge on any atom is -0.200 e. The van der Waals surface area contributed by atoms with Crippen LogP contribution in [0.1, 0.15) is 0 Å². The van der Waals surface area contributed by atoms with Gasteiger partial charge in [-0.2, -0.15) is 83.4 Å². The molecule has 0 nitrogen and oxygen atoms in total. The van der Waals surface area contributed by atoms with Crippen molar-refractivity contribution in [2.75, 3.05) is 0 Å². The summed E-state index contributed by atoms with van der Waals surface area (Å²) < 4.78 is 246. The largest absolute Gasteiger partial charge is 0.460 e. The Labute approximate surface area is 176 Å².